The van der Waals surface area contributed by atoms with Gasteiger partial charge in [-0.05, 0) is 25.5 Å². The zero-order chi connectivity index (χ0) is 9.14. The number of methoxy groups -OCH3 is 1. The summed E-state index contributed by atoms with van der Waals surface area (Å²) in [5.41, 5.74) is 6.90. The lowest BCUT2D eigenvalue weighted by Gasteiger charge is -2.05. The van der Waals surface area contributed by atoms with Gasteiger partial charge >= 0.3 is 0 Å². The highest BCUT2D eigenvalue weighted by atomic mass is 16.5. The molecule has 1 heterocycles. The lowest BCUT2D eigenvalue weighted by atomic mass is 10.2. The summed E-state index contributed by atoms with van der Waals surface area (Å²) >= 11 is 0. The summed E-state index contributed by atoms with van der Waals surface area (Å²) in [7, 11) is 1.63. The van der Waals surface area contributed by atoms with Crippen LogP contribution in [0.4, 0.5) is 0 Å². The molecular weight excluding hydrogens is 154 g/mol. The second kappa shape index (κ2) is 3.74. The van der Waals surface area contributed by atoms with Crippen molar-refractivity contribution in [3.63, 3.8) is 0 Å². The van der Waals surface area contributed by atoms with Crippen LogP contribution in [0, 0.1) is 13.8 Å². The highest BCUT2D eigenvalue weighted by Gasteiger charge is 2.11. The first-order chi connectivity index (χ1) is 5.65. The zero-order valence-electron chi connectivity index (χ0n) is 7.76. The number of furan rings is 1. The summed E-state index contributed by atoms with van der Waals surface area (Å²) in [5.74, 6) is 1.73. The van der Waals surface area contributed by atoms with Gasteiger partial charge in [-0.3, -0.25) is 0 Å². The number of hydrogen-bond donors (Lipinski definition) is 1. The van der Waals surface area contributed by atoms with Crippen molar-refractivity contribution in [2.75, 3.05) is 13.7 Å². The topological polar surface area (TPSA) is 48.4 Å². The molecule has 0 aliphatic carbocycles. The van der Waals surface area contributed by atoms with Crippen LogP contribution in [0.3, 0.4) is 0 Å². The Balaban J connectivity index is 2.74. The normalized spacial score (nSPS) is 13.3. The van der Waals surface area contributed by atoms with E-state index in [9.17, 15) is 0 Å². The average molecular weight is 169 g/mol. The maximum atomic E-state index is 5.77. The number of nitrogens with two attached hydrogens (primary N) is 1. The van der Waals surface area contributed by atoms with Crippen molar-refractivity contribution < 1.29 is 9.15 Å². The second-order valence-electron chi connectivity index (χ2n) is 2.95. The minimum absolute atomic E-state index is 0.151. The molecule has 0 saturated heterocycles. The Morgan fingerprint density at radius 3 is 2.67 bits per heavy atom. The van der Waals surface area contributed by atoms with Crippen molar-refractivity contribution in [3.05, 3.63) is 23.2 Å². The van der Waals surface area contributed by atoms with E-state index < -0.39 is 0 Å². The van der Waals surface area contributed by atoms with Crippen molar-refractivity contribution in [2.24, 2.45) is 5.73 Å². The van der Waals surface area contributed by atoms with Gasteiger partial charge < -0.3 is 14.9 Å². The molecule has 1 aromatic heterocycles. The van der Waals surface area contributed by atoms with E-state index in [1.54, 1.807) is 7.11 Å². The Morgan fingerprint density at radius 2 is 2.25 bits per heavy atom. The van der Waals surface area contributed by atoms with Crippen LogP contribution in [0.2, 0.25) is 0 Å². The van der Waals surface area contributed by atoms with Crippen molar-refractivity contribution in [3.8, 4) is 0 Å². The Morgan fingerprint density at radius 1 is 1.58 bits per heavy atom. The molecule has 3 nitrogen and oxygen atoms in total. The Bertz CT molecular complexity index is 236. The Hall–Kier alpha value is -0.800. The zero-order valence-corrected chi connectivity index (χ0v) is 7.76. The van der Waals surface area contributed by atoms with Crippen molar-refractivity contribution in [1.82, 2.24) is 0 Å². The molecule has 3 heteroatoms. The predicted octanol–water partition coefficient (Wildman–Crippen LogP) is 1.54. The maximum absolute atomic E-state index is 5.77. The average Bonchev–Trinajstić information content (AvgIpc) is 2.33. The standard InChI is InChI=1S/C9H15NO2/c1-6-4-9(12-7(6)2)8(10)5-11-3/h4,8H,5,10H2,1-3H3/t8-/m0/s1. The number of hydrogen-bond acceptors (Lipinski definition) is 3. The molecule has 0 spiro atoms. The van der Waals surface area contributed by atoms with Crippen molar-refractivity contribution >= 4 is 0 Å². The molecule has 68 valence electrons. The minimum Gasteiger partial charge on any atom is -0.464 e. The summed E-state index contributed by atoms with van der Waals surface area (Å²) in [6.45, 7) is 4.42. The molecule has 0 aliphatic heterocycles. The molecule has 0 saturated carbocycles. The first kappa shape index (κ1) is 9.29. The van der Waals surface area contributed by atoms with E-state index in [-0.39, 0.29) is 6.04 Å². The molecule has 1 rings (SSSR count). The SMILES string of the molecule is COC[C@H](N)c1cc(C)c(C)o1. The molecule has 0 amide bonds. The number of rotatable bonds is 3. The maximum Gasteiger partial charge on any atom is 0.123 e. The third kappa shape index (κ3) is 1.87. The van der Waals surface area contributed by atoms with E-state index >= 15 is 0 Å². The monoisotopic (exact) mass is 169 g/mol. The van der Waals surface area contributed by atoms with Crippen LogP contribution in [0.5, 0.6) is 0 Å². The Labute approximate surface area is 72.5 Å². The van der Waals surface area contributed by atoms with Gasteiger partial charge in [-0.1, -0.05) is 0 Å². The highest BCUT2D eigenvalue weighted by molar-refractivity contribution is 5.20. The van der Waals surface area contributed by atoms with Gasteiger partial charge in [0.1, 0.15) is 11.5 Å². The van der Waals surface area contributed by atoms with Crippen LogP contribution in [-0.4, -0.2) is 13.7 Å². The van der Waals surface area contributed by atoms with Crippen molar-refractivity contribution in [2.45, 2.75) is 19.9 Å². The van der Waals surface area contributed by atoms with Gasteiger partial charge in [0.25, 0.3) is 0 Å². The summed E-state index contributed by atoms with van der Waals surface area (Å²) in [4.78, 5) is 0. The fourth-order valence-electron chi connectivity index (χ4n) is 1.05. The number of aryl methyl sites for hydroxylation is 2. The molecule has 12 heavy (non-hydrogen) atoms. The fourth-order valence-corrected chi connectivity index (χ4v) is 1.05. The molecule has 0 bridgehead atoms. The van der Waals surface area contributed by atoms with E-state index in [4.69, 9.17) is 14.9 Å². The summed E-state index contributed by atoms with van der Waals surface area (Å²) in [6, 6.07) is 1.81. The van der Waals surface area contributed by atoms with Gasteiger partial charge in [0.2, 0.25) is 0 Å². The van der Waals surface area contributed by atoms with Gasteiger partial charge in [0.15, 0.2) is 0 Å². The molecule has 2 N–H and O–H groups in total. The van der Waals surface area contributed by atoms with Crippen LogP contribution < -0.4 is 5.73 Å². The van der Waals surface area contributed by atoms with Gasteiger partial charge in [0, 0.05) is 7.11 Å². The molecular formula is C9H15NO2. The van der Waals surface area contributed by atoms with Crippen LogP contribution in [0.15, 0.2) is 10.5 Å². The van der Waals surface area contributed by atoms with Gasteiger partial charge in [0.05, 0.1) is 12.6 Å². The summed E-state index contributed by atoms with van der Waals surface area (Å²) in [5, 5.41) is 0. The van der Waals surface area contributed by atoms with E-state index in [0.717, 1.165) is 17.1 Å². The smallest absolute Gasteiger partial charge is 0.123 e. The third-order valence-corrected chi connectivity index (χ3v) is 1.90. The first-order valence-electron chi connectivity index (χ1n) is 3.96. The quantitative estimate of drug-likeness (QED) is 0.746. The molecule has 0 aliphatic rings. The van der Waals surface area contributed by atoms with Crippen LogP contribution in [0.25, 0.3) is 0 Å². The van der Waals surface area contributed by atoms with E-state index in [1.165, 1.54) is 0 Å². The third-order valence-electron chi connectivity index (χ3n) is 1.90. The van der Waals surface area contributed by atoms with E-state index in [0.29, 0.717) is 6.61 Å². The first-order valence-corrected chi connectivity index (χ1v) is 3.96. The predicted molar refractivity (Wildman–Crippen MR) is 47.0 cm³/mol. The highest BCUT2D eigenvalue weighted by Crippen LogP contribution is 2.18. The second-order valence-corrected chi connectivity index (χ2v) is 2.95. The fraction of sp³-hybridized carbons (Fsp3) is 0.556. The van der Waals surface area contributed by atoms with E-state index in [2.05, 4.69) is 0 Å². The summed E-state index contributed by atoms with van der Waals surface area (Å²) in [6.07, 6.45) is 0. The largest absolute Gasteiger partial charge is 0.464 e. The Kier molecular flexibility index (Phi) is 2.89. The van der Waals surface area contributed by atoms with Gasteiger partial charge in [-0.2, -0.15) is 0 Å². The molecule has 0 fully saturated rings. The lowest BCUT2D eigenvalue weighted by molar-refractivity contribution is 0.172. The van der Waals surface area contributed by atoms with Crippen LogP contribution in [0.1, 0.15) is 23.1 Å². The van der Waals surface area contributed by atoms with E-state index in [1.807, 2.05) is 19.9 Å². The van der Waals surface area contributed by atoms with Crippen LogP contribution in [-0.2, 0) is 4.74 Å². The van der Waals surface area contributed by atoms with Crippen LogP contribution >= 0.6 is 0 Å². The van der Waals surface area contributed by atoms with Gasteiger partial charge in [-0.15, -0.1) is 0 Å². The molecule has 1 aromatic rings. The minimum atomic E-state index is -0.151. The molecule has 0 radical (unpaired) electrons. The molecule has 1 atom stereocenters. The lowest BCUT2D eigenvalue weighted by Crippen LogP contribution is -2.15. The summed E-state index contributed by atoms with van der Waals surface area (Å²) < 4.78 is 10.3. The number of ether oxygens (including phenoxy) is 1. The van der Waals surface area contributed by atoms with Crippen molar-refractivity contribution in [1.29, 1.82) is 0 Å². The molecule has 0 aromatic carbocycles. The molecule has 0 unspecified atom stereocenters. The van der Waals surface area contributed by atoms with Gasteiger partial charge in [-0.25, -0.2) is 0 Å².